The van der Waals surface area contributed by atoms with Crippen LogP contribution in [-0.2, 0) is 9.47 Å². The van der Waals surface area contributed by atoms with Crippen molar-refractivity contribution in [2.24, 2.45) is 5.92 Å². The second-order valence-electron chi connectivity index (χ2n) is 9.81. The van der Waals surface area contributed by atoms with Crippen LogP contribution in [0.25, 0.3) is 33.1 Å². The maximum absolute atomic E-state index is 16.1. The standard InChI is InChI=1S/C30H28FN3O4/c1-17-26(18(2)38-33-17)21-13-23(31)27-24(14-21)34(25-15-22(30(35)36-3)16-32-28(25)27)29(19-7-5-4-6-8-19)20-9-11-37-12-10-20/h4-8,13-16,20,29H,9-12H2,1-3H3. The van der Waals surface area contributed by atoms with E-state index >= 15 is 4.39 Å². The lowest BCUT2D eigenvalue weighted by Gasteiger charge is -2.33. The third-order valence-electron chi connectivity index (χ3n) is 7.57. The number of nitrogens with zero attached hydrogens (tertiary/aromatic N) is 3. The minimum absolute atomic E-state index is 0.130. The number of benzene rings is 2. The Labute approximate surface area is 219 Å². The third kappa shape index (κ3) is 3.96. The van der Waals surface area contributed by atoms with Gasteiger partial charge in [0.2, 0.25) is 0 Å². The summed E-state index contributed by atoms with van der Waals surface area (Å²) in [5.41, 5.74) is 5.44. The van der Waals surface area contributed by atoms with Gasteiger partial charge in [-0.2, -0.15) is 0 Å². The highest BCUT2D eigenvalue weighted by atomic mass is 19.1. The van der Waals surface area contributed by atoms with Crippen LogP contribution < -0.4 is 0 Å². The molecule has 1 saturated heterocycles. The molecule has 5 aromatic rings. The van der Waals surface area contributed by atoms with E-state index in [0.29, 0.717) is 57.7 Å². The van der Waals surface area contributed by atoms with Crippen molar-refractivity contribution in [2.75, 3.05) is 20.3 Å². The molecule has 1 aliphatic rings. The second-order valence-corrected chi connectivity index (χ2v) is 9.81. The van der Waals surface area contributed by atoms with Gasteiger partial charge in [-0.1, -0.05) is 35.5 Å². The van der Waals surface area contributed by atoms with Crippen molar-refractivity contribution in [3.05, 3.63) is 83.1 Å². The quantitative estimate of drug-likeness (QED) is 0.253. The number of carbonyl (C=O) groups excluding carboxylic acids is 1. The van der Waals surface area contributed by atoms with Gasteiger partial charge >= 0.3 is 5.97 Å². The number of pyridine rings is 1. The van der Waals surface area contributed by atoms with E-state index in [1.165, 1.54) is 19.4 Å². The number of methoxy groups -OCH3 is 1. The normalized spacial score (nSPS) is 15.3. The molecule has 0 radical (unpaired) electrons. The minimum Gasteiger partial charge on any atom is -0.465 e. The van der Waals surface area contributed by atoms with E-state index in [1.54, 1.807) is 6.07 Å². The van der Waals surface area contributed by atoms with E-state index in [1.807, 2.05) is 38.1 Å². The van der Waals surface area contributed by atoms with Crippen molar-refractivity contribution in [1.29, 1.82) is 0 Å². The van der Waals surface area contributed by atoms with Crippen LogP contribution in [0.15, 0.2) is 59.3 Å². The van der Waals surface area contributed by atoms with E-state index in [-0.39, 0.29) is 12.0 Å². The number of fused-ring (bicyclic) bond motifs is 3. The van der Waals surface area contributed by atoms with E-state index in [4.69, 9.17) is 14.0 Å². The minimum atomic E-state index is -0.490. The predicted octanol–water partition coefficient (Wildman–Crippen LogP) is 6.40. The Balaban J connectivity index is 1.72. The molecule has 3 aromatic heterocycles. The van der Waals surface area contributed by atoms with E-state index in [0.717, 1.165) is 24.0 Å². The van der Waals surface area contributed by atoms with Crippen LogP contribution in [0.2, 0.25) is 0 Å². The molecule has 0 spiro atoms. The first kappa shape index (κ1) is 24.3. The van der Waals surface area contributed by atoms with Gasteiger partial charge in [-0.15, -0.1) is 0 Å². The Hall–Kier alpha value is -4.04. The van der Waals surface area contributed by atoms with Gasteiger partial charge in [0.05, 0.1) is 46.3 Å². The highest BCUT2D eigenvalue weighted by Crippen LogP contribution is 2.42. The van der Waals surface area contributed by atoms with Crippen LogP contribution in [0.1, 0.15) is 46.3 Å². The van der Waals surface area contributed by atoms with Crippen molar-refractivity contribution >= 4 is 27.9 Å². The van der Waals surface area contributed by atoms with Crippen LogP contribution >= 0.6 is 0 Å². The Kier molecular flexibility index (Phi) is 6.19. The molecule has 1 aliphatic heterocycles. The number of hydrogen-bond acceptors (Lipinski definition) is 6. The topological polar surface area (TPSA) is 79.4 Å². The summed E-state index contributed by atoms with van der Waals surface area (Å²) in [6, 6.07) is 15.4. The summed E-state index contributed by atoms with van der Waals surface area (Å²) >= 11 is 0. The number of aromatic nitrogens is 3. The molecular weight excluding hydrogens is 485 g/mol. The molecule has 7 nitrogen and oxygen atoms in total. The first-order valence-electron chi connectivity index (χ1n) is 12.8. The molecule has 0 N–H and O–H groups in total. The highest BCUT2D eigenvalue weighted by Gasteiger charge is 2.31. The summed E-state index contributed by atoms with van der Waals surface area (Å²) in [7, 11) is 1.34. The molecule has 0 aliphatic carbocycles. The Morgan fingerprint density at radius 2 is 1.87 bits per heavy atom. The molecule has 1 unspecified atom stereocenters. The molecule has 8 heteroatoms. The molecule has 6 rings (SSSR count). The predicted molar refractivity (Wildman–Crippen MR) is 142 cm³/mol. The fraction of sp³-hybridized carbons (Fsp3) is 0.300. The summed E-state index contributed by atoms with van der Waals surface area (Å²) in [6.07, 6.45) is 3.17. The zero-order chi connectivity index (χ0) is 26.4. The van der Waals surface area contributed by atoms with Gasteiger partial charge in [0, 0.05) is 25.0 Å². The summed E-state index contributed by atoms with van der Waals surface area (Å²) in [5.74, 6) is -0.0228. The SMILES string of the molecule is COC(=O)c1cnc2c3c(F)cc(-c4c(C)noc4C)cc3n(C(c3ccccc3)C3CCOCC3)c2c1. The van der Waals surface area contributed by atoms with Gasteiger partial charge in [-0.25, -0.2) is 9.18 Å². The number of carbonyl (C=O) groups is 1. The Bertz CT molecular complexity index is 1630. The van der Waals surface area contributed by atoms with Crippen molar-refractivity contribution < 1.29 is 23.2 Å². The van der Waals surface area contributed by atoms with Gasteiger partial charge in [0.25, 0.3) is 0 Å². The average Bonchev–Trinajstić information content (AvgIpc) is 3.45. The second kappa shape index (κ2) is 9.68. The van der Waals surface area contributed by atoms with Crippen LogP contribution in [-0.4, -0.2) is 41.0 Å². The van der Waals surface area contributed by atoms with E-state index in [9.17, 15) is 4.79 Å². The summed E-state index contributed by atoms with van der Waals surface area (Å²) in [5, 5.41) is 4.50. The van der Waals surface area contributed by atoms with Crippen LogP contribution in [0.3, 0.4) is 0 Å². The lowest BCUT2D eigenvalue weighted by molar-refractivity contribution is 0.0553. The molecule has 0 amide bonds. The molecule has 2 aromatic carbocycles. The zero-order valence-corrected chi connectivity index (χ0v) is 21.5. The van der Waals surface area contributed by atoms with Crippen molar-refractivity contribution in [3.8, 4) is 11.1 Å². The number of esters is 1. The van der Waals surface area contributed by atoms with Crippen LogP contribution in [0.4, 0.5) is 4.39 Å². The Morgan fingerprint density at radius 3 is 2.55 bits per heavy atom. The van der Waals surface area contributed by atoms with Gasteiger partial charge < -0.3 is 18.6 Å². The maximum atomic E-state index is 16.1. The first-order valence-corrected chi connectivity index (χ1v) is 12.8. The molecule has 0 saturated carbocycles. The smallest absolute Gasteiger partial charge is 0.339 e. The maximum Gasteiger partial charge on any atom is 0.339 e. The van der Waals surface area contributed by atoms with Gasteiger partial charge in [0.1, 0.15) is 11.6 Å². The molecule has 1 atom stereocenters. The average molecular weight is 514 g/mol. The fourth-order valence-electron chi connectivity index (χ4n) is 5.86. The van der Waals surface area contributed by atoms with Crippen molar-refractivity contribution in [3.63, 3.8) is 0 Å². The molecule has 38 heavy (non-hydrogen) atoms. The highest BCUT2D eigenvalue weighted by molar-refractivity contribution is 6.09. The van der Waals surface area contributed by atoms with Gasteiger partial charge in [-0.3, -0.25) is 4.98 Å². The number of halogens is 1. The fourth-order valence-corrected chi connectivity index (χ4v) is 5.86. The summed E-state index contributed by atoms with van der Waals surface area (Å²) in [6.45, 7) is 5.00. The van der Waals surface area contributed by atoms with Gasteiger partial charge in [-0.05, 0) is 61.9 Å². The summed E-state index contributed by atoms with van der Waals surface area (Å²) in [4.78, 5) is 17.1. The summed E-state index contributed by atoms with van der Waals surface area (Å²) < 4.78 is 34.3. The lowest BCUT2D eigenvalue weighted by Crippen LogP contribution is -2.27. The van der Waals surface area contributed by atoms with E-state index < -0.39 is 11.8 Å². The number of ether oxygens (including phenoxy) is 2. The largest absolute Gasteiger partial charge is 0.465 e. The monoisotopic (exact) mass is 513 g/mol. The van der Waals surface area contributed by atoms with E-state index in [2.05, 4.69) is 26.8 Å². The van der Waals surface area contributed by atoms with Crippen molar-refractivity contribution in [1.82, 2.24) is 14.7 Å². The molecule has 0 bridgehead atoms. The van der Waals surface area contributed by atoms with Crippen molar-refractivity contribution in [2.45, 2.75) is 32.7 Å². The third-order valence-corrected chi connectivity index (χ3v) is 7.57. The molecular formula is C30H28FN3O4. The lowest BCUT2D eigenvalue weighted by atomic mass is 9.86. The molecule has 194 valence electrons. The number of rotatable bonds is 5. The Morgan fingerprint density at radius 1 is 1.11 bits per heavy atom. The van der Waals surface area contributed by atoms with Crippen LogP contribution in [0.5, 0.6) is 0 Å². The number of hydrogen-bond donors (Lipinski definition) is 0. The van der Waals surface area contributed by atoms with Crippen LogP contribution in [0, 0.1) is 25.6 Å². The molecule has 1 fully saturated rings. The first-order chi connectivity index (χ1) is 18.5. The molecule has 4 heterocycles. The number of aryl methyl sites for hydroxylation is 2. The zero-order valence-electron chi connectivity index (χ0n) is 21.5. The van der Waals surface area contributed by atoms with Gasteiger partial charge in [0.15, 0.2) is 0 Å².